The second-order valence-electron chi connectivity index (χ2n) is 2.04. The lowest BCUT2D eigenvalue weighted by Crippen LogP contribution is -2.47. The van der Waals surface area contributed by atoms with Crippen molar-refractivity contribution in [3.63, 3.8) is 0 Å². The first kappa shape index (κ1) is 9.05. The van der Waals surface area contributed by atoms with E-state index in [9.17, 15) is 4.79 Å². The van der Waals surface area contributed by atoms with Gasteiger partial charge in [-0.2, -0.15) is 5.26 Å². The Morgan fingerprint density at radius 1 is 1.70 bits per heavy atom. The molecule has 0 atom stereocenters. The Balaban J connectivity index is 0.000000810. The van der Waals surface area contributed by atoms with Crippen molar-refractivity contribution in [2.24, 2.45) is 5.92 Å². The van der Waals surface area contributed by atoms with Crippen molar-refractivity contribution in [2.75, 3.05) is 13.1 Å². The molecule has 1 heterocycles. The van der Waals surface area contributed by atoms with Gasteiger partial charge >= 0.3 is 5.97 Å². The zero-order valence-corrected chi connectivity index (χ0v) is 5.97. The Morgan fingerprint density at radius 2 is 2.20 bits per heavy atom. The van der Waals surface area contributed by atoms with Crippen molar-refractivity contribution >= 4 is 18.4 Å². The zero-order valence-electron chi connectivity index (χ0n) is 5.15. The van der Waals surface area contributed by atoms with Crippen LogP contribution in [0.25, 0.3) is 0 Å². The van der Waals surface area contributed by atoms with E-state index in [0.717, 1.165) is 0 Å². The Kier molecular flexibility index (Phi) is 2.97. The van der Waals surface area contributed by atoms with Crippen LogP contribution in [0.4, 0.5) is 0 Å². The molecule has 0 aromatic heterocycles. The highest BCUT2D eigenvalue weighted by molar-refractivity contribution is 5.85. The van der Waals surface area contributed by atoms with Gasteiger partial charge in [0.05, 0.1) is 5.92 Å². The van der Waals surface area contributed by atoms with E-state index in [1.807, 2.05) is 6.19 Å². The molecule has 0 spiro atoms. The Hall–Kier alpha value is -0.950. The number of nitriles is 1. The highest BCUT2D eigenvalue weighted by Gasteiger charge is 2.31. The van der Waals surface area contributed by atoms with Crippen LogP contribution in [-0.2, 0) is 4.79 Å². The molecule has 10 heavy (non-hydrogen) atoms. The summed E-state index contributed by atoms with van der Waals surface area (Å²) in [5, 5.41) is 16.5. The van der Waals surface area contributed by atoms with Crippen LogP contribution in [0.2, 0.25) is 0 Å². The minimum atomic E-state index is -0.804. The SMILES string of the molecule is Cl.N#CN1CC(C(=O)O)C1. The van der Waals surface area contributed by atoms with Gasteiger partial charge in [-0.3, -0.25) is 4.79 Å². The van der Waals surface area contributed by atoms with Gasteiger partial charge in [-0.1, -0.05) is 0 Å². The van der Waals surface area contributed by atoms with Gasteiger partial charge in [0.1, 0.15) is 0 Å². The summed E-state index contributed by atoms with van der Waals surface area (Å²) in [7, 11) is 0. The maximum Gasteiger partial charge on any atom is 0.310 e. The molecule has 0 aromatic carbocycles. The van der Waals surface area contributed by atoms with E-state index in [2.05, 4.69) is 0 Å². The summed E-state index contributed by atoms with van der Waals surface area (Å²) in [6.45, 7) is 0.762. The van der Waals surface area contributed by atoms with Gasteiger partial charge in [0.15, 0.2) is 6.19 Å². The van der Waals surface area contributed by atoms with Crippen molar-refractivity contribution in [3.8, 4) is 6.19 Å². The molecule has 1 saturated heterocycles. The fraction of sp³-hybridized carbons (Fsp3) is 0.600. The van der Waals surface area contributed by atoms with Crippen molar-refractivity contribution in [2.45, 2.75) is 0 Å². The maximum atomic E-state index is 10.1. The van der Waals surface area contributed by atoms with Gasteiger partial charge in [-0.25, -0.2) is 0 Å². The molecule has 0 amide bonds. The predicted octanol–water partition coefficient (Wildman–Crippen LogP) is -0.0943. The summed E-state index contributed by atoms with van der Waals surface area (Å²) < 4.78 is 0. The number of aliphatic carboxylic acids is 1. The number of likely N-dealkylation sites (tertiary alicyclic amines) is 1. The van der Waals surface area contributed by atoms with E-state index >= 15 is 0 Å². The number of halogens is 1. The van der Waals surface area contributed by atoms with Gasteiger partial charge in [0.2, 0.25) is 0 Å². The van der Waals surface area contributed by atoms with E-state index < -0.39 is 5.97 Å². The van der Waals surface area contributed by atoms with Crippen molar-refractivity contribution in [1.82, 2.24) is 4.90 Å². The highest BCUT2D eigenvalue weighted by Crippen LogP contribution is 2.12. The smallest absolute Gasteiger partial charge is 0.310 e. The van der Waals surface area contributed by atoms with E-state index in [1.54, 1.807) is 0 Å². The lowest BCUT2D eigenvalue weighted by atomic mass is 10.0. The number of hydrogen-bond donors (Lipinski definition) is 1. The largest absolute Gasteiger partial charge is 0.481 e. The average Bonchev–Trinajstić information content (AvgIpc) is 1.61. The third-order valence-corrected chi connectivity index (χ3v) is 1.37. The van der Waals surface area contributed by atoms with Crippen LogP contribution in [-0.4, -0.2) is 29.1 Å². The molecule has 0 radical (unpaired) electrons. The lowest BCUT2D eigenvalue weighted by molar-refractivity contribution is -0.146. The number of nitrogens with zero attached hydrogens (tertiary/aromatic N) is 2. The van der Waals surface area contributed by atoms with E-state index in [1.165, 1.54) is 4.90 Å². The first-order valence-electron chi connectivity index (χ1n) is 2.61. The zero-order chi connectivity index (χ0) is 6.85. The van der Waals surface area contributed by atoms with Gasteiger partial charge in [0.25, 0.3) is 0 Å². The van der Waals surface area contributed by atoms with Crippen molar-refractivity contribution in [3.05, 3.63) is 0 Å². The number of carbonyl (C=O) groups is 1. The first-order valence-corrected chi connectivity index (χ1v) is 2.61. The molecule has 1 aliphatic rings. The fourth-order valence-corrected chi connectivity index (χ4v) is 0.716. The number of rotatable bonds is 1. The standard InChI is InChI=1S/C5H6N2O2.ClH/c6-3-7-1-4(2-7)5(8)9;/h4H,1-2H2,(H,8,9);1H. The number of carboxylic acids is 1. The molecule has 1 rings (SSSR count). The van der Waals surface area contributed by atoms with E-state index in [-0.39, 0.29) is 18.3 Å². The molecule has 0 aromatic rings. The Bertz CT molecular complexity index is 171. The molecule has 5 heteroatoms. The van der Waals surface area contributed by atoms with Crippen LogP contribution < -0.4 is 0 Å². The summed E-state index contributed by atoms with van der Waals surface area (Å²) in [6, 6.07) is 0. The third-order valence-electron chi connectivity index (χ3n) is 1.37. The molecule has 0 unspecified atom stereocenters. The van der Waals surface area contributed by atoms with Crippen LogP contribution in [0.5, 0.6) is 0 Å². The molecule has 0 bridgehead atoms. The predicted molar refractivity (Wildman–Crippen MR) is 35.6 cm³/mol. The van der Waals surface area contributed by atoms with Crippen LogP contribution in [0.3, 0.4) is 0 Å². The topological polar surface area (TPSA) is 64.3 Å². The lowest BCUT2D eigenvalue weighted by Gasteiger charge is -2.31. The van der Waals surface area contributed by atoms with Gasteiger partial charge in [0, 0.05) is 13.1 Å². The number of hydrogen-bond acceptors (Lipinski definition) is 3. The van der Waals surface area contributed by atoms with Crippen LogP contribution >= 0.6 is 12.4 Å². The monoisotopic (exact) mass is 162 g/mol. The van der Waals surface area contributed by atoms with Gasteiger partial charge < -0.3 is 10.0 Å². The quantitative estimate of drug-likeness (QED) is 0.547. The third kappa shape index (κ3) is 1.52. The second-order valence-corrected chi connectivity index (χ2v) is 2.04. The second kappa shape index (κ2) is 3.28. The molecular formula is C5H7ClN2O2. The minimum Gasteiger partial charge on any atom is -0.481 e. The molecule has 0 aliphatic carbocycles. The fourth-order valence-electron chi connectivity index (χ4n) is 0.716. The van der Waals surface area contributed by atoms with Gasteiger partial charge in [-0.05, 0) is 0 Å². The Labute approximate surface area is 64.5 Å². The van der Waals surface area contributed by atoms with E-state index in [4.69, 9.17) is 10.4 Å². The molecule has 4 nitrogen and oxygen atoms in total. The van der Waals surface area contributed by atoms with Crippen molar-refractivity contribution in [1.29, 1.82) is 5.26 Å². The molecule has 56 valence electrons. The number of carboxylic acid groups (broad SMARTS) is 1. The minimum absolute atomic E-state index is 0. The molecule has 1 fully saturated rings. The van der Waals surface area contributed by atoms with Crippen LogP contribution in [0.15, 0.2) is 0 Å². The van der Waals surface area contributed by atoms with Crippen molar-refractivity contribution < 1.29 is 9.90 Å². The first-order chi connectivity index (χ1) is 4.24. The normalized spacial score (nSPS) is 16.5. The molecule has 1 N–H and O–H groups in total. The Morgan fingerprint density at radius 3 is 2.50 bits per heavy atom. The van der Waals surface area contributed by atoms with Gasteiger partial charge in [-0.15, -0.1) is 12.4 Å². The summed E-state index contributed by atoms with van der Waals surface area (Å²) in [5.74, 6) is -1.12. The van der Waals surface area contributed by atoms with Crippen LogP contribution in [0.1, 0.15) is 0 Å². The summed E-state index contributed by atoms with van der Waals surface area (Å²) in [5.41, 5.74) is 0. The average molecular weight is 163 g/mol. The highest BCUT2D eigenvalue weighted by atomic mass is 35.5. The molecular weight excluding hydrogens is 156 g/mol. The maximum absolute atomic E-state index is 10.1. The summed E-state index contributed by atoms with van der Waals surface area (Å²) in [4.78, 5) is 11.5. The summed E-state index contributed by atoms with van der Waals surface area (Å²) >= 11 is 0. The van der Waals surface area contributed by atoms with E-state index in [0.29, 0.717) is 13.1 Å². The van der Waals surface area contributed by atoms with Crippen LogP contribution in [0, 0.1) is 17.4 Å². The molecule has 1 aliphatic heterocycles. The molecule has 0 saturated carbocycles. The summed E-state index contributed by atoms with van der Waals surface area (Å²) in [6.07, 6.45) is 1.86.